The van der Waals surface area contributed by atoms with Crippen molar-refractivity contribution in [2.24, 2.45) is 0 Å². The summed E-state index contributed by atoms with van der Waals surface area (Å²) >= 11 is 5.80. The minimum Gasteiger partial charge on any atom is -0.478 e. The van der Waals surface area contributed by atoms with E-state index >= 15 is 0 Å². The third kappa shape index (κ3) is 2.73. The highest BCUT2D eigenvalue weighted by molar-refractivity contribution is 6.33. The first-order valence-electron chi connectivity index (χ1n) is 5.67. The Hall–Kier alpha value is -1.33. The van der Waals surface area contributed by atoms with Crippen LogP contribution >= 0.6 is 11.6 Å². The molecule has 2 heterocycles. The lowest BCUT2D eigenvalue weighted by atomic mass is 10.1. The van der Waals surface area contributed by atoms with Crippen molar-refractivity contribution >= 4 is 23.4 Å². The van der Waals surface area contributed by atoms with Gasteiger partial charge in [0, 0.05) is 19.3 Å². The number of aromatic nitrogens is 1. The summed E-state index contributed by atoms with van der Waals surface area (Å²) < 4.78 is 5.61. The summed E-state index contributed by atoms with van der Waals surface area (Å²) in [6, 6.07) is 1.51. The fourth-order valence-corrected chi connectivity index (χ4v) is 2.16. The van der Waals surface area contributed by atoms with Gasteiger partial charge in [-0.05, 0) is 19.9 Å². The Labute approximate surface area is 110 Å². The molecule has 18 heavy (non-hydrogen) atoms. The molecule has 1 aromatic heterocycles. The van der Waals surface area contributed by atoms with Gasteiger partial charge >= 0.3 is 5.97 Å². The van der Waals surface area contributed by atoms with E-state index in [0.29, 0.717) is 25.5 Å². The number of morpholine rings is 1. The molecule has 1 aromatic rings. The average molecular weight is 271 g/mol. The molecule has 0 atom stereocenters. The molecule has 0 unspecified atom stereocenters. The quantitative estimate of drug-likeness (QED) is 0.891. The number of rotatable bonds is 2. The van der Waals surface area contributed by atoms with Gasteiger partial charge in [0.25, 0.3) is 0 Å². The van der Waals surface area contributed by atoms with Gasteiger partial charge in [-0.1, -0.05) is 11.6 Å². The largest absolute Gasteiger partial charge is 0.478 e. The first-order valence-corrected chi connectivity index (χ1v) is 6.04. The molecule has 0 radical (unpaired) electrons. The molecule has 1 N–H and O–H groups in total. The molecule has 5 nitrogen and oxygen atoms in total. The third-order valence-electron chi connectivity index (χ3n) is 2.82. The fraction of sp³-hybridized carbons (Fsp3) is 0.500. The summed E-state index contributed by atoms with van der Waals surface area (Å²) in [5, 5.41) is 9.19. The molecule has 0 bridgehead atoms. The van der Waals surface area contributed by atoms with E-state index in [1.54, 1.807) is 0 Å². The maximum absolute atomic E-state index is 11.0. The molecule has 0 amide bonds. The average Bonchev–Trinajstić information content (AvgIpc) is 2.27. The number of aromatic carboxylic acids is 1. The molecule has 98 valence electrons. The number of carbonyl (C=O) groups is 1. The number of pyridine rings is 1. The second-order valence-electron chi connectivity index (χ2n) is 4.86. The summed E-state index contributed by atoms with van der Waals surface area (Å²) in [6.07, 6.45) is 1.38. The van der Waals surface area contributed by atoms with Crippen LogP contribution in [0.15, 0.2) is 12.3 Å². The van der Waals surface area contributed by atoms with Crippen LogP contribution in [0.1, 0.15) is 24.2 Å². The van der Waals surface area contributed by atoms with Crippen molar-refractivity contribution < 1.29 is 14.6 Å². The zero-order chi connectivity index (χ0) is 13.3. The van der Waals surface area contributed by atoms with Gasteiger partial charge in [0.05, 0.1) is 22.8 Å². The first-order chi connectivity index (χ1) is 8.39. The smallest absolute Gasteiger partial charge is 0.337 e. The second-order valence-corrected chi connectivity index (χ2v) is 5.26. The molecule has 6 heteroatoms. The molecule has 0 aliphatic carbocycles. The summed E-state index contributed by atoms with van der Waals surface area (Å²) in [7, 11) is 0. The minimum atomic E-state index is -1.05. The second kappa shape index (κ2) is 4.74. The van der Waals surface area contributed by atoms with E-state index in [0.717, 1.165) is 0 Å². The molecule has 1 aliphatic rings. The van der Waals surface area contributed by atoms with Gasteiger partial charge in [0.1, 0.15) is 5.82 Å². The normalized spacial score (nSPS) is 18.7. The van der Waals surface area contributed by atoms with E-state index in [9.17, 15) is 4.79 Å². The van der Waals surface area contributed by atoms with Crippen molar-refractivity contribution in [2.75, 3.05) is 24.6 Å². The van der Waals surface area contributed by atoms with Crippen LogP contribution in [0.5, 0.6) is 0 Å². The van der Waals surface area contributed by atoms with Crippen LogP contribution in [0.3, 0.4) is 0 Å². The van der Waals surface area contributed by atoms with Gasteiger partial charge in [-0.2, -0.15) is 0 Å². The summed E-state index contributed by atoms with van der Waals surface area (Å²) in [5.74, 6) is -0.427. The Kier molecular flexibility index (Phi) is 3.45. The molecular weight excluding hydrogens is 256 g/mol. The highest BCUT2D eigenvalue weighted by Crippen LogP contribution is 2.24. The van der Waals surface area contributed by atoms with Crippen LogP contribution in [0.25, 0.3) is 0 Å². The minimum absolute atomic E-state index is 0.0750. The predicted octanol–water partition coefficient (Wildman–Crippen LogP) is 2.05. The summed E-state index contributed by atoms with van der Waals surface area (Å²) in [5.41, 5.74) is -0.186. The van der Waals surface area contributed by atoms with Crippen molar-refractivity contribution in [1.82, 2.24) is 4.98 Å². The van der Waals surface area contributed by atoms with Crippen molar-refractivity contribution in [3.8, 4) is 0 Å². The standard InChI is InChI=1S/C12H15ClN2O3/c1-12(2)7-15(3-4-18-12)10-5-8(11(16)17)9(13)6-14-10/h5-6H,3-4,7H2,1-2H3,(H,16,17). The van der Waals surface area contributed by atoms with Crippen LogP contribution in [-0.2, 0) is 4.74 Å². The molecule has 0 saturated carbocycles. The fourth-order valence-electron chi connectivity index (χ4n) is 1.98. The van der Waals surface area contributed by atoms with Gasteiger partial charge in [0.15, 0.2) is 0 Å². The molecule has 1 aliphatic heterocycles. The number of hydrogen-bond acceptors (Lipinski definition) is 4. The number of carboxylic acid groups (broad SMARTS) is 1. The number of halogens is 1. The molecule has 0 aromatic carbocycles. The van der Waals surface area contributed by atoms with Gasteiger partial charge < -0.3 is 14.7 Å². The number of anilines is 1. The van der Waals surface area contributed by atoms with Gasteiger partial charge in [0.2, 0.25) is 0 Å². The van der Waals surface area contributed by atoms with Crippen molar-refractivity contribution in [1.29, 1.82) is 0 Å². The monoisotopic (exact) mass is 270 g/mol. The summed E-state index contributed by atoms with van der Waals surface area (Å²) in [6.45, 7) is 5.94. The first kappa shape index (κ1) is 13.1. The van der Waals surface area contributed by atoms with Crippen molar-refractivity contribution in [3.05, 3.63) is 22.8 Å². The Bertz CT molecular complexity index is 476. The Morgan fingerprint density at radius 2 is 2.33 bits per heavy atom. The number of ether oxygens (including phenoxy) is 1. The lowest BCUT2D eigenvalue weighted by Crippen LogP contribution is -2.48. The highest BCUT2D eigenvalue weighted by atomic mass is 35.5. The molecule has 2 rings (SSSR count). The summed E-state index contributed by atoms with van der Waals surface area (Å²) in [4.78, 5) is 17.2. The van der Waals surface area contributed by atoms with Crippen LogP contribution in [0, 0.1) is 0 Å². The highest BCUT2D eigenvalue weighted by Gasteiger charge is 2.28. The number of carboxylic acids is 1. The maximum Gasteiger partial charge on any atom is 0.337 e. The Morgan fingerprint density at radius 1 is 1.61 bits per heavy atom. The van der Waals surface area contributed by atoms with E-state index < -0.39 is 5.97 Å². The topological polar surface area (TPSA) is 62.7 Å². The molecular formula is C12H15ClN2O3. The lowest BCUT2D eigenvalue weighted by molar-refractivity contribution is -0.0279. The molecule has 1 saturated heterocycles. The maximum atomic E-state index is 11.0. The van der Waals surface area contributed by atoms with E-state index in [2.05, 4.69) is 4.98 Å². The third-order valence-corrected chi connectivity index (χ3v) is 3.12. The van der Waals surface area contributed by atoms with Crippen LogP contribution < -0.4 is 4.90 Å². The predicted molar refractivity (Wildman–Crippen MR) is 68.5 cm³/mol. The SMILES string of the molecule is CC1(C)CN(c2cc(C(=O)O)c(Cl)cn2)CCO1. The van der Waals surface area contributed by atoms with Gasteiger partial charge in [-0.25, -0.2) is 9.78 Å². The van der Waals surface area contributed by atoms with Gasteiger partial charge in [-0.15, -0.1) is 0 Å². The van der Waals surface area contributed by atoms with Crippen molar-refractivity contribution in [3.63, 3.8) is 0 Å². The van der Waals surface area contributed by atoms with Crippen LogP contribution in [0.2, 0.25) is 5.02 Å². The zero-order valence-electron chi connectivity index (χ0n) is 10.3. The Morgan fingerprint density at radius 3 is 2.94 bits per heavy atom. The van der Waals surface area contributed by atoms with E-state index in [1.165, 1.54) is 12.3 Å². The van der Waals surface area contributed by atoms with Gasteiger partial charge in [-0.3, -0.25) is 0 Å². The molecule has 0 spiro atoms. The zero-order valence-corrected chi connectivity index (χ0v) is 11.1. The van der Waals surface area contributed by atoms with E-state index in [4.69, 9.17) is 21.4 Å². The lowest BCUT2D eigenvalue weighted by Gasteiger charge is -2.38. The van der Waals surface area contributed by atoms with E-state index in [1.807, 2.05) is 18.7 Å². The Balaban J connectivity index is 2.28. The van der Waals surface area contributed by atoms with Crippen molar-refractivity contribution in [2.45, 2.75) is 19.4 Å². The number of nitrogens with zero attached hydrogens (tertiary/aromatic N) is 2. The number of hydrogen-bond donors (Lipinski definition) is 1. The molecule has 1 fully saturated rings. The van der Waals surface area contributed by atoms with Crippen LogP contribution in [0.4, 0.5) is 5.82 Å². The van der Waals surface area contributed by atoms with Crippen LogP contribution in [-0.4, -0.2) is 41.4 Å². The van der Waals surface area contributed by atoms with E-state index in [-0.39, 0.29) is 16.2 Å².